The second-order valence-corrected chi connectivity index (χ2v) is 9.46. The van der Waals surface area contributed by atoms with E-state index in [2.05, 4.69) is 15.6 Å². The summed E-state index contributed by atoms with van der Waals surface area (Å²) in [4.78, 5) is 16.5. The van der Waals surface area contributed by atoms with E-state index < -0.39 is 27.7 Å². The largest absolute Gasteiger partial charge is 0.490 e. The zero-order valence-corrected chi connectivity index (χ0v) is 18.2. The normalized spacial score (nSPS) is 20.4. The number of sulfonamides is 1. The Hall–Kier alpha value is -3.77. The number of hydrogen-bond acceptors (Lipinski definition) is 6. The standard InChI is InChI=1S/C22H18F2N4O5S/c23-15-6-7-16(24)21-19(15)18-14(10-32-21)20(18)28-22(29)27-17-8-3-12(9-26-17)33-11-1-4-13(5-2-11)34(25,30)31/h1-9,14,18,20H,10H2,(H2,25,30,31)(H2,26,27,28,29)/t14-,18-,20+/m1/s1. The van der Waals surface area contributed by atoms with Crippen LogP contribution in [0.15, 0.2) is 59.6 Å². The van der Waals surface area contributed by atoms with Crippen LogP contribution < -0.4 is 25.2 Å². The highest BCUT2D eigenvalue weighted by atomic mass is 32.2. The van der Waals surface area contributed by atoms with E-state index in [1.165, 1.54) is 36.5 Å². The molecule has 9 nitrogen and oxygen atoms in total. The van der Waals surface area contributed by atoms with Gasteiger partial charge in [0.2, 0.25) is 10.0 Å². The molecule has 2 heterocycles. The number of fused-ring (bicyclic) bond motifs is 3. The van der Waals surface area contributed by atoms with E-state index in [-0.39, 0.29) is 46.5 Å². The molecule has 0 bridgehead atoms. The summed E-state index contributed by atoms with van der Waals surface area (Å²) in [6, 6.07) is 9.75. The molecule has 4 N–H and O–H groups in total. The maximum Gasteiger partial charge on any atom is 0.320 e. The Bertz CT molecular complexity index is 1370. The first kappa shape index (κ1) is 22.0. The van der Waals surface area contributed by atoms with E-state index >= 15 is 0 Å². The van der Waals surface area contributed by atoms with Crippen molar-refractivity contribution in [3.05, 3.63) is 71.9 Å². The van der Waals surface area contributed by atoms with E-state index in [9.17, 15) is 22.0 Å². The molecule has 1 aromatic heterocycles. The number of nitrogens with two attached hydrogens (primary N) is 1. The molecule has 0 radical (unpaired) electrons. The summed E-state index contributed by atoms with van der Waals surface area (Å²) in [6.45, 7) is 0.186. The third-order valence-electron chi connectivity index (χ3n) is 5.68. The number of benzene rings is 2. The fourth-order valence-corrected chi connectivity index (χ4v) is 4.52. The molecule has 3 atom stereocenters. The van der Waals surface area contributed by atoms with Crippen LogP contribution in [0.1, 0.15) is 11.5 Å². The van der Waals surface area contributed by atoms with Crippen molar-refractivity contribution in [2.75, 3.05) is 11.9 Å². The molecule has 1 aliphatic heterocycles. The number of amides is 2. The number of primary sulfonamides is 1. The summed E-state index contributed by atoms with van der Waals surface area (Å²) in [5, 5.41) is 10.4. The van der Waals surface area contributed by atoms with Crippen LogP contribution in [0.4, 0.5) is 19.4 Å². The Morgan fingerprint density at radius 1 is 1.06 bits per heavy atom. The number of pyridine rings is 1. The van der Waals surface area contributed by atoms with E-state index in [1.54, 1.807) is 6.07 Å². The van der Waals surface area contributed by atoms with E-state index in [4.69, 9.17) is 14.6 Å². The van der Waals surface area contributed by atoms with Crippen molar-refractivity contribution in [1.29, 1.82) is 0 Å². The molecule has 2 amide bonds. The fourth-order valence-electron chi connectivity index (χ4n) is 4.01. The van der Waals surface area contributed by atoms with Gasteiger partial charge in [-0.05, 0) is 48.5 Å². The molecule has 0 spiro atoms. The summed E-state index contributed by atoms with van der Waals surface area (Å²) in [7, 11) is -3.80. The molecular weight excluding hydrogens is 470 g/mol. The number of nitrogens with one attached hydrogen (secondary N) is 2. The van der Waals surface area contributed by atoms with Crippen LogP contribution >= 0.6 is 0 Å². The van der Waals surface area contributed by atoms with Crippen molar-refractivity contribution >= 4 is 21.9 Å². The predicted molar refractivity (Wildman–Crippen MR) is 116 cm³/mol. The van der Waals surface area contributed by atoms with Gasteiger partial charge < -0.3 is 14.8 Å². The Morgan fingerprint density at radius 3 is 2.44 bits per heavy atom. The van der Waals surface area contributed by atoms with E-state index in [0.717, 1.165) is 12.1 Å². The number of rotatable bonds is 5. The highest BCUT2D eigenvalue weighted by molar-refractivity contribution is 7.89. The lowest BCUT2D eigenvalue weighted by Crippen LogP contribution is -2.32. The van der Waals surface area contributed by atoms with Gasteiger partial charge in [-0.3, -0.25) is 5.32 Å². The van der Waals surface area contributed by atoms with Crippen molar-refractivity contribution in [2.24, 2.45) is 11.1 Å². The summed E-state index contributed by atoms with van der Waals surface area (Å²) in [6.07, 6.45) is 1.38. The summed E-state index contributed by atoms with van der Waals surface area (Å²) in [5.41, 5.74) is 0.151. The Kier molecular flexibility index (Phi) is 5.33. The minimum absolute atomic E-state index is 0.0398. The number of halogens is 2. The minimum atomic E-state index is -3.80. The highest BCUT2D eigenvalue weighted by Crippen LogP contribution is 2.55. The van der Waals surface area contributed by atoms with Crippen molar-refractivity contribution in [3.8, 4) is 17.2 Å². The fraction of sp³-hybridized carbons (Fsp3) is 0.182. The molecule has 5 rings (SSSR count). The molecule has 1 aliphatic carbocycles. The quantitative estimate of drug-likeness (QED) is 0.506. The van der Waals surface area contributed by atoms with Gasteiger partial charge in [0, 0.05) is 23.4 Å². The van der Waals surface area contributed by atoms with Crippen LogP contribution in [0.2, 0.25) is 0 Å². The summed E-state index contributed by atoms with van der Waals surface area (Å²) in [5.74, 6) is -0.809. The first-order chi connectivity index (χ1) is 16.2. The molecular formula is C22H18F2N4O5S. The van der Waals surface area contributed by atoms with Crippen LogP contribution in [-0.2, 0) is 10.0 Å². The first-order valence-electron chi connectivity index (χ1n) is 10.2. The van der Waals surface area contributed by atoms with Gasteiger partial charge in [-0.1, -0.05) is 0 Å². The second-order valence-electron chi connectivity index (χ2n) is 7.89. The number of hydrogen-bond donors (Lipinski definition) is 3. The van der Waals surface area contributed by atoms with Gasteiger partial charge in [-0.15, -0.1) is 0 Å². The number of carbonyl (C=O) groups excluding carboxylic acids is 1. The van der Waals surface area contributed by atoms with Crippen molar-refractivity contribution in [1.82, 2.24) is 10.3 Å². The number of nitrogens with zero attached hydrogens (tertiary/aromatic N) is 1. The number of aromatic nitrogens is 1. The lowest BCUT2D eigenvalue weighted by molar-refractivity contribution is 0.247. The molecule has 1 fully saturated rings. The average Bonchev–Trinajstić information content (AvgIpc) is 3.49. The van der Waals surface area contributed by atoms with Gasteiger partial charge in [0.25, 0.3) is 0 Å². The Labute approximate surface area is 192 Å². The third kappa shape index (κ3) is 4.24. The Morgan fingerprint density at radius 2 is 1.76 bits per heavy atom. The smallest absolute Gasteiger partial charge is 0.320 e. The minimum Gasteiger partial charge on any atom is -0.490 e. The number of carbonyl (C=O) groups is 1. The number of ether oxygens (including phenoxy) is 2. The topological polar surface area (TPSA) is 133 Å². The molecule has 3 aromatic rings. The van der Waals surface area contributed by atoms with Gasteiger partial charge >= 0.3 is 6.03 Å². The van der Waals surface area contributed by atoms with E-state index in [0.29, 0.717) is 11.5 Å². The zero-order valence-electron chi connectivity index (χ0n) is 17.4. The van der Waals surface area contributed by atoms with Gasteiger partial charge in [0.05, 0.1) is 17.7 Å². The number of urea groups is 1. The molecule has 2 aromatic carbocycles. The first-order valence-corrected chi connectivity index (χ1v) is 11.7. The molecule has 0 unspecified atom stereocenters. The van der Waals surface area contributed by atoms with E-state index in [1.807, 2.05) is 0 Å². The van der Waals surface area contributed by atoms with Crippen molar-refractivity contribution in [3.63, 3.8) is 0 Å². The molecule has 2 aliphatic rings. The average molecular weight is 488 g/mol. The second kappa shape index (κ2) is 8.22. The maximum atomic E-state index is 14.2. The van der Waals surface area contributed by atoms with Crippen LogP contribution in [0.5, 0.6) is 17.2 Å². The third-order valence-corrected chi connectivity index (χ3v) is 6.61. The molecule has 1 saturated carbocycles. The maximum absolute atomic E-state index is 14.2. The molecule has 34 heavy (non-hydrogen) atoms. The van der Waals surface area contributed by atoms with Gasteiger partial charge in [-0.25, -0.2) is 32.1 Å². The zero-order chi connectivity index (χ0) is 24.0. The molecule has 12 heteroatoms. The van der Waals surface area contributed by atoms with Crippen molar-refractivity contribution in [2.45, 2.75) is 16.9 Å². The Balaban J connectivity index is 1.18. The SMILES string of the molecule is NS(=O)(=O)c1ccc(Oc2ccc(NC(=O)N[C@H]3[C@@H]4COc5c(F)ccc(F)c5[C@@H]43)nc2)cc1. The van der Waals surface area contributed by atoms with Crippen LogP contribution in [0, 0.1) is 17.6 Å². The lowest BCUT2D eigenvalue weighted by atomic mass is 10.0. The predicted octanol–water partition coefficient (Wildman–Crippen LogP) is 3.10. The highest BCUT2D eigenvalue weighted by Gasteiger charge is 2.57. The van der Waals surface area contributed by atoms with Gasteiger partial charge in [0.15, 0.2) is 11.6 Å². The van der Waals surface area contributed by atoms with Crippen molar-refractivity contribution < 1.29 is 31.5 Å². The van der Waals surface area contributed by atoms with Crippen LogP contribution in [0.3, 0.4) is 0 Å². The monoisotopic (exact) mass is 488 g/mol. The van der Waals surface area contributed by atoms with Crippen LogP contribution in [0.25, 0.3) is 0 Å². The molecule has 0 saturated heterocycles. The lowest BCUT2D eigenvalue weighted by Gasteiger charge is -2.16. The number of anilines is 1. The summed E-state index contributed by atoms with van der Waals surface area (Å²) >= 11 is 0. The van der Waals surface area contributed by atoms with Gasteiger partial charge in [-0.2, -0.15) is 0 Å². The van der Waals surface area contributed by atoms with Crippen LogP contribution in [-0.4, -0.2) is 32.1 Å². The van der Waals surface area contributed by atoms with Gasteiger partial charge in [0.1, 0.15) is 23.1 Å². The summed E-state index contributed by atoms with van der Waals surface area (Å²) < 4.78 is 61.7. The molecule has 176 valence electrons.